The van der Waals surface area contributed by atoms with Crippen LogP contribution in [0.4, 0.5) is 0 Å². The summed E-state index contributed by atoms with van der Waals surface area (Å²) in [6.07, 6.45) is 0. The summed E-state index contributed by atoms with van der Waals surface area (Å²) in [4.78, 5) is 25.6. The molecule has 0 aliphatic rings. The Balaban J connectivity index is 2.48. The molecule has 0 radical (unpaired) electrons. The predicted molar refractivity (Wildman–Crippen MR) is 63.6 cm³/mol. The molecule has 5 heteroatoms. The molecule has 0 aliphatic heterocycles. The summed E-state index contributed by atoms with van der Waals surface area (Å²) >= 11 is 0. The minimum Gasteiger partial charge on any atom is -0.478 e. The van der Waals surface area contributed by atoms with Gasteiger partial charge in [-0.25, -0.2) is 14.6 Å². The van der Waals surface area contributed by atoms with E-state index in [4.69, 9.17) is 10.2 Å². The number of nitrogens with zero attached hydrogens (tertiary/aromatic N) is 1. The van der Waals surface area contributed by atoms with Crippen molar-refractivity contribution in [2.75, 3.05) is 0 Å². The van der Waals surface area contributed by atoms with Gasteiger partial charge in [0.2, 0.25) is 0 Å². The third-order valence-corrected chi connectivity index (χ3v) is 2.37. The molecule has 0 saturated heterocycles. The van der Waals surface area contributed by atoms with E-state index >= 15 is 0 Å². The van der Waals surface area contributed by atoms with Crippen LogP contribution < -0.4 is 0 Å². The first-order valence-electron chi connectivity index (χ1n) is 5.12. The number of benzene rings is 1. The van der Waals surface area contributed by atoms with Crippen molar-refractivity contribution in [3.05, 3.63) is 53.7 Å². The molecule has 0 unspecified atom stereocenters. The zero-order valence-corrected chi connectivity index (χ0v) is 9.20. The number of hydrogen-bond acceptors (Lipinski definition) is 3. The Morgan fingerprint density at radius 3 is 2.33 bits per heavy atom. The molecular weight excluding hydrogens is 234 g/mol. The zero-order valence-electron chi connectivity index (χ0n) is 9.20. The van der Waals surface area contributed by atoms with Gasteiger partial charge in [0.1, 0.15) is 5.69 Å². The minimum atomic E-state index is -1.12. The molecule has 0 bridgehead atoms. The Bertz CT molecular complexity index is 566. The monoisotopic (exact) mass is 243 g/mol. The van der Waals surface area contributed by atoms with Crippen LogP contribution in [0.2, 0.25) is 0 Å². The second kappa shape index (κ2) is 4.67. The summed E-state index contributed by atoms with van der Waals surface area (Å²) in [6, 6.07) is 10.8. The fourth-order valence-corrected chi connectivity index (χ4v) is 1.53. The van der Waals surface area contributed by atoms with Gasteiger partial charge in [-0.1, -0.05) is 18.2 Å². The second-order valence-electron chi connectivity index (χ2n) is 3.60. The lowest BCUT2D eigenvalue weighted by atomic mass is 10.1. The van der Waals surface area contributed by atoms with Crippen LogP contribution in [0.15, 0.2) is 42.5 Å². The molecule has 5 nitrogen and oxygen atoms in total. The molecule has 18 heavy (non-hydrogen) atoms. The van der Waals surface area contributed by atoms with Crippen molar-refractivity contribution in [2.45, 2.75) is 0 Å². The van der Waals surface area contributed by atoms with Crippen LogP contribution in [0.1, 0.15) is 20.8 Å². The summed E-state index contributed by atoms with van der Waals surface area (Å²) in [5, 5.41) is 17.7. The molecule has 0 fully saturated rings. The highest BCUT2D eigenvalue weighted by molar-refractivity contribution is 5.89. The fourth-order valence-electron chi connectivity index (χ4n) is 1.53. The first-order chi connectivity index (χ1) is 8.58. The van der Waals surface area contributed by atoms with Gasteiger partial charge in [-0.15, -0.1) is 0 Å². The molecule has 0 amide bonds. The molecular formula is C13H9NO4. The van der Waals surface area contributed by atoms with E-state index in [9.17, 15) is 9.59 Å². The Kier molecular flexibility index (Phi) is 3.05. The van der Waals surface area contributed by atoms with Gasteiger partial charge >= 0.3 is 11.9 Å². The van der Waals surface area contributed by atoms with E-state index in [1.807, 2.05) is 0 Å². The summed E-state index contributed by atoms with van der Waals surface area (Å²) in [5.41, 5.74) is 1.05. The van der Waals surface area contributed by atoms with E-state index in [1.54, 1.807) is 24.3 Å². The highest BCUT2D eigenvalue weighted by atomic mass is 16.4. The van der Waals surface area contributed by atoms with Crippen molar-refractivity contribution >= 4 is 11.9 Å². The maximum Gasteiger partial charge on any atom is 0.354 e. The Labute approximate surface area is 102 Å². The maximum absolute atomic E-state index is 10.8. The fraction of sp³-hybridized carbons (Fsp3) is 0. The van der Waals surface area contributed by atoms with Gasteiger partial charge in [0.25, 0.3) is 0 Å². The number of carbonyl (C=O) groups is 2. The van der Waals surface area contributed by atoms with E-state index in [0.29, 0.717) is 11.3 Å². The average molecular weight is 243 g/mol. The van der Waals surface area contributed by atoms with E-state index < -0.39 is 11.9 Å². The molecule has 2 aromatic rings. The molecule has 0 spiro atoms. The summed E-state index contributed by atoms with van der Waals surface area (Å²) < 4.78 is 0. The third-order valence-electron chi connectivity index (χ3n) is 2.37. The van der Waals surface area contributed by atoms with E-state index in [-0.39, 0.29) is 11.3 Å². The van der Waals surface area contributed by atoms with E-state index in [1.165, 1.54) is 18.2 Å². The predicted octanol–water partition coefficient (Wildman–Crippen LogP) is 2.14. The van der Waals surface area contributed by atoms with Gasteiger partial charge in [0, 0.05) is 5.56 Å². The normalized spacial score (nSPS) is 10.0. The van der Waals surface area contributed by atoms with Crippen molar-refractivity contribution in [1.82, 2.24) is 4.98 Å². The van der Waals surface area contributed by atoms with Gasteiger partial charge in [-0.2, -0.15) is 0 Å². The first kappa shape index (κ1) is 11.8. The largest absolute Gasteiger partial charge is 0.478 e. The first-order valence-corrected chi connectivity index (χ1v) is 5.12. The van der Waals surface area contributed by atoms with E-state index in [2.05, 4.69) is 4.98 Å². The van der Waals surface area contributed by atoms with Crippen molar-refractivity contribution in [3.63, 3.8) is 0 Å². The second-order valence-corrected chi connectivity index (χ2v) is 3.60. The summed E-state index contributed by atoms with van der Waals surface area (Å²) in [7, 11) is 0. The Morgan fingerprint density at radius 1 is 0.944 bits per heavy atom. The number of aromatic carboxylic acids is 2. The molecule has 2 rings (SSSR count). The van der Waals surface area contributed by atoms with Gasteiger partial charge in [0.05, 0.1) is 11.3 Å². The van der Waals surface area contributed by atoms with Gasteiger partial charge in [-0.05, 0) is 24.3 Å². The van der Waals surface area contributed by atoms with Crippen molar-refractivity contribution in [2.24, 2.45) is 0 Å². The molecule has 1 aromatic heterocycles. The number of aromatic nitrogens is 1. The number of carboxylic acids is 2. The van der Waals surface area contributed by atoms with Crippen molar-refractivity contribution in [3.8, 4) is 11.3 Å². The third kappa shape index (κ3) is 2.35. The van der Waals surface area contributed by atoms with Crippen LogP contribution >= 0.6 is 0 Å². The van der Waals surface area contributed by atoms with Crippen LogP contribution in [0.3, 0.4) is 0 Å². The number of rotatable bonds is 3. The minimum absolute atomic E-state index is 0.0757. The quantitative estimate of drug-likeness (QED) is 0.862. The lowest BCUT2D eigenvalue weighted by Gasteiger charge is -2.03. The smallest absolute Gasteiger partial charge is 0.354 e. The van der Waals surface area contributed by atoms with Gasteiger partial charge < -0.3 is 10.2 Å². The molecule has 0 saturated carbocycles. The Hall–Kier alpha value is -2.69. The van der Waals surface area contributed by atoms with Crippen molar-refractivity contribution in [1.29, 1.82) is 0 Å². The molecule has 1 heterocycles. The van der Waals surface area contributed by atoms with Crippen LogP contribution in [-0.4, -0.2) is 27.1 Å². The van der Waals surface area contributed by atoms with Crippen LogP contribution in [0.5, 0.6) is 0 Å². The van der Waals surface area contributed by atoms with Crippen LogP contribution in [0.25, 0.3) is 11.3 Å². The Morgan fingerprint density at radius 2 is 1.67 bits per heavy atom. The molecule has 90 valence electrons. The standard InChI is InChI=1S/C13H9NO4/c15-12(16)9-4-1-3-8(7-9)10-5-2-6-11(14-10)13(17)18/h1-7H,(H,15,16)(H,17,18). The molecule has 2 N–H and O–H groups in total. The number of hydrogen-bond donors (Lipinski definition) is 2. The number of carboxylic acid groups (broad SMARTS) is 2. The lowest BCUT2D eigenvalue weighted by molar-refractivity contribution is 0.0682. The summed E-state index contributed by atoms with van der Waals surface area (Å²) in [6.45, 7) is 0. The highest BCUT2D eigenvalue weighted by Gasteiger charge is 2.08. The molecule has 1 aromatic carbocycles. The van der Waals surface area contributed by atoms with Crippen LogP contribution in [-0.2, 0) is 0 Å². The maximum atomic E-state index is 10.8. The van der Waals surface area contributed by atoms with Gasteiger partial charge in [0.15, 0.2) is 0 Å². The SMILES string of the molecule is O=C(O)c1cccc(-c2cccc(C(=O)O)n2)c1. The highest BCUT2D eigenvalue weighted by Crippen LogP contribution is 2.18. The summed E-state index contributed by atoms with van der Waals surface area (Å²) in [5.74, 6) is -2.16. The average Bonchev–Trinajstić information content (AvgIpc) is 2.39. The lowest BCUT2D eigenvalue weighted by Crippen LogP contribution is -2.01. The number of pyridine rings is 1. The van der Waals surface area contributed by atoms with Crippen molar-refractivity contribution < 1.29 is 19.8 Å². The van der Waals surface area contributed by atoms with Gasteiger partial charge in [-0.3, -0.25) is 0 Å². The van der Waals surface area contributed by atoms with E-state index in [0.717, 1.165) is 0 Å². The zero-order chi connectivity index (χ0) is 13.1. The molecule has 0 atom stereocenters. The molecule has 0 aliphatic carbocycles. The van der Waals surface area contributed by atoms with Crippen LogP contribution in [0, 0.1) is 0 Å². The topological polar surface area (TPSA) is 87.5 Å².